The normalized spacial score (nSPS) is 14.1. The van der Waals surface area contributed by atoms with E-state index in [1.807, 2.05) is 18.2 Å². The summed E-state index contributed by atoms with van der Waals surface area (Å²) in [4.78, 5) is 29.1. The Hall–Kier alpha value is -1.86. The molecule has 0 unspecified atom stereocenters. The molecule has 23 heavy (non-hydrogen) atoms. The summed E-state index contributed by atoms with van der Waals surface area (Å²) in [5, 5.41) is 4.03. The van der Waals surface area contributed by atoms with Crippen LogP contribution in [0.1, 0.15) is 18.9 Å². The molecule has 3 rings (SSSR count). The third kappa shape index (κ3) is 3.73. The zero-order valence-corrected chi connectivity index (χ0v) is 13.8. The van der Waals surface area contributed by atoms with Gasteiger partial charge in [-0.1, -0.05) is 23.9 Å². The van der Waals surface area contributed by atoms with E-state index < -0.39 is 0 Å². The maximum atomic E-state index is 12.7. The highest BCUT2D eigenvalue weighted by Gasteiger charge is 2.28. The van der Waals surface area contributed by atoms with Gasteiger partial charge in [-0.25, -0.2) is 4.98 Å². The minimum atomic E-state index is -0.0863. The fraction of sp³-hybridized carbons (Fsp3) is 0.438. The number of rotatable bonds is 7. The number of benzene rings is 1. The molecule has 6 nitrogen and oxygen atoms in total. The number of hydrogen-bond donors (Lipinski definition) is 1. The van der Waals surface area contributed by atoms with Gasteiger partial charge in [0.1, 0.15) is 0 Å². The van der Waals surface area contributed by atoms with Crippen LogP contribution in [0.15, 0.2) is 34.2 Å². The number of thioether (sulfide) groups is 1. The number of aromatic nitrogens is 2. The standard InChI is InChI=1S/C16H19N3O3S/c1-22-9-8-17-14(20)10-23-16-18-13-5-3-2-4-12(13)15(21)19(16)11-6-7-11/h2-5,11H,6-10H2,1H3,(H,17,20). The lowest BCUT2D eigenvalue weighted by Gasteiger charge is -2.12. The van der Waals surface area contributed by atoms with Crippen molar-refractivity contribution < 1.29 is 9.53 Å². The fourth-order valence-electron chi connectivity index (χ4n) is 2.36. The van der Waals surface area contributed by atoms with Gasteiger partial charge in [-0.3, -0.25) is 14.2 Å². The van der Waals surface area contributed by atoms with Gasteiger partial charge in [0, 0.05) is 19.7 Å². The number of nitrogens with one attached hydrogen (secondary N) is 1. The van der Waals surface area contributed by atoms with Crippen LogP contribution in [0, 0.1) is 0 Å². The molecule has 122 valence electrons. The Morgan fingerprint density at radius 2 is 2.22 bits per heavy atom. The lowest BCUT2D eigenvalue weighted by molar-refractivity contribution is -0.118. The van der Waals surface area contributed by atoms with E-state index in [1.165, 1.54) is 11.8 Å². The first-order chi connectivity index (χ1) is 11.2. The Morgan fingerprint density at radius 1 is 1.43 bits per heavy atom. The van der Waals surface area contributed by atoms with E-state index in [9.17, 15) is 9.59 Å². The second kappa shape index (κ2) is 7.14. The molecule has 1 N–H and O–H groups in total. The van der Waals surface area contributed by atoms with E-state index in [0.29, 0.717) is 29.2 Å². The zero-order chi connectivity index (χ0) is 16.2. The van der Waals surface area contributed by atoms with Crippen LogP contribution < -0.4 is 10.9 Å². The van der Waals surface area contributed by atoms with Crippen LogP contribution >= 0.6 is 11.8 Å². The summed E-state index contributed by atoms with van der Waals surface area (Å²) >= 11 is 1.31. The number of fused-ring (bicyclic) bond motifs is 1. The molecule has 1 fully saturated rings. The van der Waals surface area contributed by atoms with E-state index in [4.69, 9.17) is 4.74 Å². The van der Waals surface area contributed by atoms with Crippen molar-refractivity contribution in [3.05, 3.63) is 34.6 Å². The van der Waals surface area contributed by atoms with Crippen LogP contribution in [0.5, 0.6) is 0 Å². The second-order valence-corrected chi connectivity index (χ2v) is 6.39. The van der Waals surface area contributed by atoms with Crippen LogP contribution in [0.2, 0.25) is 0 Å². The van der Waals surface area contributed by atoms with Gasteiger partial charge in [-0.05, 0) is 25.0 Å². The van der Waals surface area contributed by atoms with E-state index in [1.54, 1.807) is 17.7 Å². The molecule has 0 bridgehead atoms. The van der Waals surface area contributed by atoms with Gasteiger partial charge in [-0.2, -0.15) is 0 Å². The fourth-order valence-corrected chi connectivity index (χ4v) is 3.25. The molecule has 1 aliphatic rings. The van der Waals surface area contributed by atoms with Crippen molar-refractivity contribution in [1.29, 1.82) is 0 Å². The Bertz CT molecular complexity index is 771. The number of nitrogens with zero attached hydrogens (tertiary/aromatic N) is 2. The minimum Gasteiger partial charge on any atom is -0.383 e. The summed E-state index contributed by atoms with van der Waals surface area (Å²) in [6.07, 6.45) is 1.99. The molecule has 0 spiro atoms. The van der Waals surface area contributed by atoms with Crippen LogP contribution in [0.25, 0.3) is 10.9 Å². The Kier molecular flexibility index (Phi) is 4.97. The number of methoxy groups -OCH3 is 1. The highest BCUT2D eigenvalue weighted by Crippen LogP contribution is 2.36. The predicted molar refractivity (Wildman–Crippen MR) is 89.9 cm³/mol. The van der Waals surface area contributed by atoms with Crippen molar-refractivity contribution in [3.63, 3.8) is 0 Å². The molecule has 0 saturated heterocycles. The smallest absolute Gasteiger partial charge is 0.262 e. The van der Waals surface area contributed by atoms with E-state index >= 15 is 0 Å². The molecule has 1 aromatic heterocycles. The minimum absolute atomic E-state index is 0.0135. The molecule has 7 heteroatoms. The van der Waals surface area contributed by atoms with Crippen LogP contribution in [0.4, 0.5) is 0 Å². The summed E-state index contributed by atoms with van der Waals surface area (Å²) in [5.74, 6) is 0.151. The van der Waals surface area contributed by atoms with E-state index in [0.717, 1.165) is 12.8 Å². The number of carbonyl (C=O) groups is 1. The molecule has 1 saturated carbocycles. The molecule has 0 atom stereocenters. The van der Waals surface area contributed by atoms with Gasteiger partial charge in [0.15, 0.2) is 5.16 Å². The molecular weight excluding hydrogens is 314 g/mol. The van der Waals surface area contributed by atoms with Gasteiger partial charge < -0.3 is 10.1 Å². The maximum Gasteiger partial charge on any atom is 0.262 e. The molecular formula is C16H19N3O3S. The van der Waals surface area contributed by atoms with E-state index in [-0.39, 0.29) is 23.3 Å². The molecule has 2 aromatic rings. The van der Waals surface area contributed by atoms with Crippen LogP contribution in [-0.4, -0.2) is 41.5 Å². The van der Waals surface area contributed by atoms with Gasteiger partial charge in [0.2, 0.25) is 5.91 Å². The lowest BCUT2D eigenvalue weighted by Crippen LogP contribution is -2.29. The monoisotopic (exact) mass is 333 g/mol. The summed E-state index contributed by atoms with van der Waals surface area (Å²) in [5.41, 5.74) is 0.664. The van der Waals surface area contributed by atoms with Crippen molar-refractivity contribution in [2.75, 3.05) is 26.0 Å². The molecule has 1 amide bonds. The Labute approximate surface area is 138 Å². The highest BCUT2D eigenvalue weighted by molar-refractivity contribution is 7.99. The van der Waals surface area contributed by atoms with Crippen molar-refractivity contribution in [2.24, 2.45) is 0 Å². The number of ether oxygens (including phenoxy) is 1. The van der Waals surface area contributed by atoms with Crippen molar-refractivity contribution >= 4 is 28.6 Å². The SMILES string of the molecule is COCCNC(=O)CSc1nc2ccccc2c(=O)n1C1CC1. The zero-order valence-electron chi connectivity index (χ0n) is 12.9. The first kappa shape index (κ1) is 16.0. The summed E-state index contributed by atoms with van der Waals surface area (Å²) in [6.45, 7) is 0.966. The third-order valence-electron chi connectivity index (χ3n) is 3.65. The number of carbonyl (C=O) groups excluding carboxylic acids is 1. The summed E-state index contributed by atoms with van der Waals surface area (Å²) < 4.78 is 6.64. The average Bonchev–Trinajstić information content (AvgIpc) is 3.38. The third-order valence-corrected chi connectivity index (χ3v) is 4.60. The van der Waals surface area contributed by atoms with Crippen molar-refractivity contribution in [1.82, 2.24) is 14.9 Å². The Balaban J connectivity index is 1.81. The number of amides is 1. The van der Waals surface area contributed by atoms with Crippen molar-refractivity contribution in [2.45, 2.75) is 24.0 Å². The number of hydrogen-bond acceptors (Lipinski definition) is 5. The van der Waals surface area contributed by atoms with Gasteiger partial charge in [0.05, 0.1) is 23.3 Å². The lowest BCUT2D eigenvalue weighted by atomic mass is 10.2. The number of para-hydroxylation sites is 1. The maximum absolute atomic E-state index is 12.7. The molecule has 0 radical (unpaired) electrons. The first-order valence-electron chi connectivity index (χ1n) is 7.60. The Morgan fingerprint density at radius 3 is 2.96 bits per heavy atom. The average molecular weight is 333 g/mol. The molecule has 1 heterocycles. The second-order valence-electron chi connectivity index (χ2n) is 5.45. The van der Waals surface area contributed by atoms with Gasteiger partial charge >= 0.3 is 0 Å². The highest BCUT2D eigenvalue weighted by atomic mass is 32.2. The molecule has 1 aromatic carbocycles. The van der Waals surface area contributed by atoms with Gasteiger partial charge in [-0.15, -0.1) is 0 Å². The first-order valence-corrected chi connectivity index (χ1v) is 8.59. The van der Waals surface area contributed by atoms with Crippen LogP contribution in [0.3, 0.4) is 0 Å². The molecule has 1 aliphatic carbocycles. The van der Waals surface area contributed by atoms with Crippen molar-refractivity contribution in [3.8, 4) is 0 Å². The predicted octanol–water partition coefficient (Wildman–Crippen LogP) is 1.59. The molecule has 0 aliphatic heterocycles. The van der Waals surface area contributed by atoms with E-state index in [2.05, 4.69) is 10.3 Å². The topological polar surface area (TPSA) is 73.2 Å². The quantitative estimate of drug-likeness (QED) is 0.473. The summed E-state index contributed by atoms with van der Waals surface area (Å²) in [7, 11) is 1.59. The largest absolute Gasteiger partial charge is 0.383 e. The van der Waals surface area contributed by atoms with Gasteiger partial charge in [0.25, 0.3) is 5.56 Å². The summed E-state index contributed by atoms with van der Waals surface area (Å²) in [6, 6.07) is 7.56. The van der Waals surface area contributed by atoms with Crippen LogP contribution in [-0.2, 0) is 9.53 Å².